The first-order valence-corrected chi connectivity index (χ1v) is 6.87. The number of rotatable bonds is 4. The van der Waals surface area contributed by atoms with Gasteiger partial charge < -0.3 is 4.74 Å². The van der Waals surface area contributed by atoms with Gasteiger partial charge in [-0.25, -0.2) is 0 Å². The van der Waals surface area contributed by atoms with E-state index in [2.05, 4.69) is 15.9 Å². The minimum absolute atomic E-state index is 0.0214. The van der Waals surface area contributed by atoms with Crippen LogP contribution in [0.2, 0.25) is 5.02 Å². The molecule has 0 aliphatic carbocycles. The number of non-ortho nitro benzene ring substituents is 1. The van der Waals surface area contributed by atoms with Gasteiger partial charge in [-0.1, -0.05) is 33.6 Å². The van der Waals surface area contributed by atoms with Gasteiger partial charge >= 0.3 is 0 Å². The van der Waals surface area contributed by atoms with Crippen molar-refractivity contribution in [1.82, 2.24) is 0 Å². The van der Waals surface area contributed by atoms with Gasteiger partial charge in [-0.3, -0.25) is 10.1 Å². The Morgan fingerprint density at radius 2 is 1.89 bits per heavy atom. The molecule has 0 amide bonds. The zero-order valence-corrected chi connectivity index (χ0v) is 12.0. The van der Waals surface area contributed by atoms with Gasteiger partial charge in [0.15, 0.2) is 0 Å². The smallest absolute Gasteiger partial charge is 0.269 e. The van der Waals surface area contributed by atoms with E-state index in [9.17, 15) is 10.1 Å². The molecule has 0 N–H and O–H groups in total. The summed E-state index contributed by atoms with van der Waals surface area (Å²) in [6, 6.07) is 11.3. The Balaban J connectivity index is 2.19. The van der Waals surface area contributed by atoms with Crippen molar-refractivity contribution in [2.45, 2.75) is 5.33 Å². The number of benzene rings is 2. The van der Waals surface area contributed by atoms with Gasteiger partial charge in [0, 0.05) is 17.5 Å². The number of halogens is 2. The van der Waals surface area contributed by atoms with Gasteiger partial charge in [0.05, 0.1) is 9.95 Å². The lowest BCUT2D eigenvalue weighted by Crippen LogP contribution is -1.89. The summed E-state index contributed by atoms with van der Waals surface area (Å²) in [5, 5.41) is 11.7. The van der Waals surface area contributed by atoms with E-state index in [-0.39, 0.29) is 5.69 Å². The fourth-order valence-corrected chi connectivity index (χ4v) is 2.06. The molecule has 0 unspecified atom stereocenters. The molecule has 2 rings (SSSR count). The highest BCUT2D eigenvalue weighted by Crippen LogP contribution is 2.31. The van der Waals surface area contributed by atoms with Crippen LogP contribution in [0, 0.1) is 10.1 Å². The normalized spacial score (nSPS) is 10.2. The summed E-state index contributed by atoms with van der Waals surface area (Å²) in [7, 11) is 0. The summed E-state index contributed by atoms with van der Waals surface area (Å²) < 4.78 is 5.57. The van der Waals surface area contributed by atoms with Crippen LogP contribution in [-0.2, 0) is 5.33 Å². The first-order valence-electron chi connectivity index (χ1n) is 5.37. The molecular weight excluding hydrogens is 334 g/mol. The summed E-state index contributed by atoms with van der Waals surface area (Å²) in [6.07, 6.45) is 0. The van der Waals surface area contributed by atoms with Crippen LogP contribution in [0.15, 0.2) is 42.5 Å². The molecule has 2 aromatic carbocycles. The molecule has 0 saturated carbocycles. The van der Waals surface area contributed by atoms with Gasteiger partial charge in [-0.05, 0) is 29.8 Å². The summed E-state index contributed by atoms with van der Waals surface area (Å²) in [5.41, 5.74) is 1.06. The van der Waals surface area contributed by atoms with Crippen molar-refractivity contribution in [1.29, 1.82) is 0 Å². The average molecular weight is 343 g/mol. The summed E-state index contributed by atoms with van der Waals surface area (Å²) in [6.45, 7) is 0. The van der Waals surface area contributed by atoms with Crippen LogP contribution >= 0.6 is 27.5 Å². The first kappa shape index (κ1) is 13.8. The Labute approximate surface area is 123 Å². The molecule has 0 bridgehead atoms. The molecular formula is C13H9BrClNO3. The number of hydrogen-bond donors (Lipinski definition) is 0. The van der Waals surface area contributed by atoms with Crippen LogP contribution in [0.5, 0.6) is 11.5 Å². The van der Waals surface area contributed by atoms with Crippen LogP contribution in [-0.4, -0.2) is 4.92 Å². The molecule has 0 aromatic heterocycles. The third kappa shape index (κ3) is 3.45. The van der Waals surface area contributed by atoms with Crippen molar-refractivity contribution in [2.24, 2.45) is 0 Å². The molecule has 0 spiro atoms. The second-order valence-corrected chi connectivity index (χ2v) is 4.72. The van der Waals surface area contributed by atoms with Crippen LogP contribution in [0.4, 0.5) is 5.69 Å². The third-order valence-corrected chi connectivity index (χ3v) is 3.37. The van der Waals surface area contributed by atoms with Crippen LogP contribution in [0.1, 0.15) is 5.56 Å². The quantitative estimate of drug-likeness (QED) is 0.449. The molecule has 0 atom stereocenters. The number of nitro groups is 1. The van der Waals surface area contributed by atoms with E-state index in [1.807, 2.05) is 6.07 Å². The van der Waals surface area contributed by atoms with Gasteiger partial charge in [0.2, 0.25) is 0 Å². The predicted octanol–water partition coefficient (Wildman–Crippen LogP) is 4.94. The maximum absolute atomic E-state index is 10.5. The van der Waals surface area contributed by atoms with Crippen LogP contribution < -0.4 is 4.74 Å². The van der Waals surface area contributed by atoms with Gasteiger partial charge in [0.25, 0.3) is 5.69 Å². The third-order valence-electron chi connectivity index (χ3n) is 2.43. The Bertz CT molecular complexity index is 601. The van der Waals surface area contributed by atoms with Crippen molar-refractivity contribution in [3.63, 3.8) is 0 Å². The zero-order chi connectivity index (χ0) is 13.8. The van der Waals surface area contributed by atoms with E-state index in [1.54, 1.807) is 12.1 Å². The van der Waals surface area contributed by atoms with E-state index in [4.69, 9.17) is 16.3 Å². The van der Waals surface area contributed by atoms with Crippen molar-refractivity contribution in [3.8, 4) is 11.5 Å². The second-order valence-electron chi connectivity index (χ2n) is 3.75. The number of nitro benzene ring substituents is 1. The maximum atomic E-state index is 10.5. The SMILES string of the molecule is O=[N+]([O-])c1ccc(Oc2ccc(CBr)cc2Cl)cc1. The number of hydrogen-bond acceptors (Lipinski definition) is 3. The number of nitrogens with zero attached hydrogens (tertiary/aromatic N) is 1. The van der Waals surface area contributed by atoms with E-state index in [1.165, 1.54) is 24.3 Å². The molecule has 0 heterocycles. The molecule has 4 nitrogen and oxygen atoms in total. The molecule has 19 heavy (non-hydrogen) atoms. The lowest BCUT2D eigenvalue weighted by atomic mass is 10.2. The summed E-state index contributed by atoms with van der Waals surface area (Å²) in [4.78, 5) is 10.1. The lowest BCUT2D eigenvalue weighted by Gasteiger charge is -2.08. The van der Waals surface area contributed by atoms with Crippen LogP contribution in [0.25, 0.3) is 0 Å². The average Bonchev–Trinajstić information content (AvgIpc) is 2.41. The Kier molecular flexibility index (Phi) is 4.39. The number of alkyl halides is 1. The highest BCUT2D eigenvalue weighted by Gasteiger charge is 2.07. The molecule has 98 valence electrons. The predicted molar refractivity (Wildman–Crippen MR) is 77.3 cm³/mol. The van der Waals surface area contributed by atoms with E-state index in [0.717, 1.165) is 5.56 Å². The molecule has 0 radical (unpaired) electrons. The fourth-order valence-electron chi connectivity index (χ4n) is 1.47. The van der Waals surface area contributed by atoms with Gasteiger partial charge in [-0.2, -0.15) is 0 Å². The van der Waals surface area contributed by atoms with E-state index < -0.39 is 4.92 Å². The standard InChI is InChI=1S/C13H9BrClNO3/c14-8-9-1-6-13(12(15)7-9)19-11-4-2-10(3-5-11)16(17)18/h1-7H,8H2. The van der Waals surface area contributed by atoms with Crippen LogP contribution in [0.3, 0.4) is 0 Å². The minimum Gasteiger partial charge on any atom is -0.456 e. The van der Waals surface area contributed by atoms with E-state index >= 15 is 0 Å². The molecule has 0 fully saturated rings. The summed E-state index contributed by atoms with van der Waals surface area (Å²) in [5.74, 6) is 1.01. The summed E-state index contributed by atoms with van der Waals surface area (Å²) >= 11 is 9.43. The zero-order valence-electron chi connectivity index (χ0n) is 9.68. The highest BCUT2D eigenvalue weighted by molar-refractivity contribution is 9.08. The van der Waals surface area contributed by atoms with Gasteiger partial charge in [0.1, 0.15) is 11.5 Å². The Hall–Kier alpha value is -1.59. The minimum atomic E-state index is -0.457. The maximum Gasteiger partial charge on any atom is 0.269 e. The molecule has 0 saturated heterocycles. The molecule has 6 heteroatoms. The molecule has 0 aliphatic heterocycles. The molecule has 2 aromatic rings. The highest BCUT2D eigenvalue weighted by atomic mass is 79.9. The van der Waals surface area contributed by atoms with Crippen molar-refractivity contribution in [3.05, 3.63) is 63.2 Å². The topological polar surface area (TPSA) is 52.4 Å². The fraction of sp³-hybridized carbons (Fsp3) is 0.0769. The lowest BCUT2D eigenvalue weighted by molar-refractivity contribution is -0.384. The van der Waals surface area contributed by atoms with Crippen molar-refractivity contribution < 1.29 is 9.66 Å². The number of ether oxygens (including phenoxy) is 1. The monoisotopic (exact) mass is 341 g/mol. The van der Waals surface area contributed by atoms with Crippen molar-refractivity contribution in [2.75, 3.05) is 0 Å². The second kappa shape index (κ2) is 6.04. The largest absolute Gasteiger partial charge is 0.456 e. The van der Waals surface area contributed by atoms with Crippen molar-refractivity contribution >= 4 is 33.2 Å². The Morgan fingerprint density at radius 3 is 2.42 bits per heavy atom. The molecule has 0 aliphatic rings. The first-order chi connectivity index (χ1) is 9.10. The Morgan fingerprint density at radius 1 is 1.21 bits per heavy atom. The van der Waals surface area contributed by atoms with Gasteiger partial charge in [-0.15, -0.1) is 0 Å². The van der Waals surface area contributed by atoms with E-state index in [0.29, 0.717) is 21.9 Å².